The predicted molar refractivity (Wildman–Crippen MR) is 63.8 cm³/mol. The van der Waals surface area contributed by atoms with Crippen LogP contribution in [-0.4, -0.2) is 9.97 Å². The summed E-state index contributed by atoms with van der Waals surface area (Å²) in [5.74, 6) is 0.132. The molecule has 1 N–H and O–H groups in total. The van der Waals surface area contributed by atoms with E-state index in [0.29, 0.717) is 23.0 Å². The molecule has 0 amide bonds. The molecule has 3 nitrogen and oxygen atoms in total. The fourth-order valence-corrected chi connectivity index (χ4v) is 1.80. The number of aryl methyl sites for hydroxylation is 1. The Hall–Kier alpha value is -1.68. The predicted octanol–water partition coefficient (Wildman–Crippen LogP) is 2.46. The van der Waals surface area contributed by atoms with Crippen molar-refractivity contribution in [2.45, 2.75) is 13.3 Å². The Morgan fingerprint density at radius 1 is 1.41 bits per heavy atom. The van der Waals surface area contributed by atoms with E-state index in [0.717, 1.165) is 5.56 Å². The molecule has 0 spiro atoms. The van der Waals surface area contributed by atoms with Gasteiger partial charge in [0, 0.05) is 23.2 Å². The van der Waals surface area contributed by atoms with Gasteiger partial charge in [0.25, 0.3) is 5.56 Å². The number of rotatable bonds is 2. The maximum absolute atomic E-state index is 12.9. The highest BCUT2D eigenvalue weighted by Gasteiger charge is 2.05. The van der Waals surface area contributed by atoms with Crippen LogP contribution < -0.4 is 5.56 Å². The van der Waals surface area contributed by atoms with Gasteiger partial charge in [-0.25, -0.2) is 9.37 Å². The number of aromatic amines is 1. The van der Waals surface area contributed by atoms with E-state index in [2.05, 4.69) is 9.97 Å². The second-order valence-electron chi connectivity index (χ2n) is 3.75. The molecule has 0 radical (unpaired) electrons. The molecule has 17 heavy (non-hydrogen) atoms. The molecule has 0 unspecified atom stereocenters. The zero-order chi connectivity index (χ0) is 12.4. The lowest BCUT2D eigenvalue weighted by atomic mass is 10.1. The standard InChI is InChI=1S/C12H10ClFN2O/c1-7-4-12(17)16-11(15-7)5-8-2-3-9(14)6-10(8)13/h2-4,6H,5H2,1H3,(H,15,16,17). The lowest BCUT2D eigenvalue weighted by Gasteiger charge is -2.04. The smallest absolute Gasteiger partial charge is 0.251 e. The Bertz CT molecular complexity index is 610. The summed E-state index contributed by atoms with van der Waals surface area (Å²) >= 11 is 5.90. The first-order valence-corrected chi connectivity index (χ1v) is 5.43. The summed E-state index contributed by atoms with van der Waals surface area (Å²) in [4.78, 5) is 18.1. The van der Waals surface area contributed by atoms with Gasteiger partial charge in [-0.15, -0.1) is 0 Å². The van der Waals surface area contributed by atoms with Crippen LogP contribution in [0.2, 0.25) is 5.02 Å². The first kappa shape index (κ1) is 11.8. The van der Waals surface area contributed by atoms with Crippen molar-refractivity contribution >= 4 is 11.6 Å². The van der Waals surface area contributed by atoms with Crippen molar-refractivity contribution < 1.29 is 4.39 Å². The van der Waals surface area contributed by atoms with Crippen molar-refractivity contribution in [1.82, 2.24) is 9.97 Å². The van der Waals surface area contributed by atoms with Crippen molar-refractivity contribution in [2.24, 2.45) is 0 Å². The normalized spacial score (nSPS) is 10.5. The molecular formula is C12H10ClFN2O. The summed E-state index contributed by atoms with van der Waals surface area (Å²) in [7, 11) is 0. The number of halogens is 2. The van der Waals surface area contributed by atoms with Crippen LogP contribution >= 0.6 is 11.6 Å². The van der Waals surface area contributed by atoms with Gasteiger partial charge in [-0.05, 0) is 24.6 Å². The molecule has 1 aromatic heterocycles. The third kappa shape index (κ3) is 2.91. The first-order valence-electron chi connectivity index (χ1n) is 5.05. The Morgan fingerprint density at radius 2 is 2.18 bits per heavy atom. The maximum Gasteiger partial charge on any atom is 0.251 e. The second kappa shape index (κ2) is 4.67. The molecule has 1 heterocycles. The monoisotopic (exact) mass is 252 g/mol. The van der Waals surface area contributed by atoms with E-state index >= 15 is 0 Å². The van der Waals surface area contributed by atoms with Crippen LogP contribution in [0, 0.1) is 12.7 Å². The summed E-state index contributed by atoms with van der Waals surface area (Å²) < 4.78 is 12.9. The molecule has 0 bridgehead atoms. The molecule has 0 atom stereocenters. The van der Waals surface area contributed by atoms with E-state index in [1.807, 2.05) is 0 Å². The minimum Gasteiger partial charge on any atom is -0.310 e. The third-order valence-electron chi connectivity index (χ3n) is 2.29. The molecule has 0 aliphatic heterocycles. The second-order valence-corrected chi connectivity index (χ2v) is 4.15. The van der Waals surface area contributed by atoms with E-state index in [-0.39, 0.29) is 11.4 Å². The molecule has 5 heteroatoms. The average Bonchev–Trinajstić information content (AvgIpc) is 2.21. The number of benzene rings is 1. The van der Waals surface area contributed by atoms with Crippen LogP contribution in [0.1, 0.15) is 17.1 Å². The fourth-order valence-electron chi connectivity index (χ4n) is 1.57. The largest absolute Gasteiger partial charge is 0.310 e. The van der Waals surface area contributed by atoms with Crippen LogP contribution in [-0.2, 0) is 6.42 Å². The van der Waals surface area contributed by atoms with Gasteiger partial charge >= 0.3 is 0 Å². The zero-order valence-corrected chi connectivity index (χ0v) is 9.88. The van der Waals surface area contributed by atoms with Gasteiger partial charge in [0.2, 0.25) is 0 Å². The minimum absolute atomic E-state index is 0.203. The lowest BCUT2D eigenvalue weighted by molar-refractivity contribution is 0.627. The van der Waals surface area contributed by atoms with Gasteiger partial charge in [-0.3, -0.25) is 4.79 Å². The molecule has 0 fully saturated rings. The highest BCUT2D eigenvalue weighted by atomic mass is 35.5. The molecule has 88 valence electrons. The molecule has 2 aromatic rings. The molecule has 2 rings (SSSR count). The molecule has 0 saturated heterocycles. The summed E-state index contributed by atoms with van der Waals surface area (Å²) in [5.41, 5.74) is 1.16. The van der Waals surface area contributed by atoms with Crippen LogP contribution in [0.3, 0.4) is 0 Å². The number of nitrogens with one attached hydrogen (secondary N) is 1. The summed E-state index contributed by atoms with van der Waals surface area (Å²) in [6.45, 7) is 1.74. The molecule has 0 aliphatic carbocycles. The number of hydrogen-bond donors (Lipinski definition) is 1. The van der Waals surface area contributed by atoms with E-state index in [1.165, 1.54) is 18.2 Å². The maximum atomic E-state index is 12.9. The fraction of sp³-hybridized carbons (Fsp3) is 0.167. The zero-order valence-electron chi connectivity index (χ0n) is 9.13. The highest BCUT2D eigenvalue weighted by Crippen LogP contribution is 2.19. The third-order valence-corrected chi connectivity index (χ3v) is 2.64. The van der Waals surface area contributed by atoms with Crippen LogP contribution in [0.4, 0.5) is 4.39 Å². The number of nitrogens with zero attached hydrogens (tertiary/aromatic N) is 1. The van der Waals surface area contributed by atoms with Crippen molar-refractivity contribution in [3.8, 4) is 0 Å². The molecular weight excluding hydrogens is 243 g/mol. The lowest BCUT2D eigenvalue weighted by Crippen LogP contribution is -2.11. The van der Waals surface area contributed by atoms with Gasteiger partial charge < -0.3 is 4.98 Å². The van der Waals surface area contributed by atoms with Crippen LogP contribution in [0.15, 0.2) is 29.1 Å². The van der Waals surface area contributed by atoms with Gasteiger partial charge in [0.1, 0.15) is 11.6 Å². The number of H-pyrrole nitrogens is 1. The molecule has 0 saturated carbocycles. The number of hydrogen-bond acceptors (Lipinski definition) is 2. The van der Waals surface area contributed by atoms with Crippen LogP contribution in [0.5, 0.6) is 0 Å². The average molecular weight is 253 g/mol. The first-order chi connectivity index (χ1) is 8.04. The summed E-state index contributed by atoms with van der Waals surface area (Å²) in [5, 5.41) is 0.328. The number of aromatic nitrogens is 2. The minimum atomic E-state index is -0.385. The van der Waals surface area contributed by atoms with Gasteiger partial charge in [0.05, 0.1) is 0 Å². The van der Waals surface area contributed by atoms with Crippen molar-refractivity contribution in [3.05, 3.63) is 62.5 Å². The summed E-state index contributed by atoms with van der Waals surface area (Å²) in [6.07, 6.45) is 0.371. The van der Waals surface area contributed by atoms with E-state index in [4.69, 9.17) is 11.6 Å². The highest BCUT2D eigenvalue weighted by molar-refractivity contribution is 6.31. The SMILES string of the molecule is Cc1cc(=O)[nH]c(Cc2ccc(F)cc2Cl)n1. The molecule has 0 aliphatic rings. The Labute approximate surface area is 102 Å². The van der Waals surface area contributed by atoms with Crippen molar-refractivity contribution in [1.29, 1.82) is 0 Å². The van der Waals surface area contributed by atoms with Gasteiger partial charge in [-0.2, -0.15) is 0 Å². The topological polar surface area (TPSA) is 45.8 Å². The quantitative estimate of drug-likeness (QED) is 0.892. The molecule has 1 aromatic carbocycles. The van der Waals surface area contributed by atoms with Crippen LogP contribution in [0.25, 0.3) is 0 Å². The van der Waals surface area contributed by atoms with E-state index < -0.39 is 0 Å². The van der Waals surface area contributed by atoms with Crippen molar-refractivity contribution in [3.63, 3.8) is 0 Å². The Balaban J connectivity index is 2.34. The van der Waals surface area contributed by atoms with Gasteiger partial charge in [-0.1, -0.05) is 17.7 Å². The van der Waals surface area contributed by atoms with E-state index in [9.17, 15) is 9.18 Å². The summed E-state index contributed by atoms with van der Waals surface area (Å²) in [6, 6.07) is 5.57. The van der Waals surface area contributed by atoms with Gasteiger partial charge in [0.15, 0.2) is 0 Å². The van der Waals surface area contributed by atoms with Crippen molar-refractivity contribution in [2.75, 3.05) is 0 Å². The Morgan fingerprint density at radius 3 is 2.82 bits per heavy atom. The Kier molecular flexibility index (Phi) is 3.24. The van der Waals surface area contributed by atoms with E-state index in [1.54, 1.807) is 13.0 Å².